The lowest BCUT2D eigenvalue weighted by Gasteiger charge is -2.18. The molecule has 0 amide bonds. The molecule has 2 aromatic carbocycles. The van der Waals surface area contributed by atoms with E-state index in [0.717, 1.165) is 47.6 Å². The maximum Gasteiger partial charge on any atom is 0.166 e. The topological polar surface area (TPSA) is 45.5 Å². The predicted molar refractivity (Wildman–Crippen MR) is 152 cm³/mol. The second-order valence-electron chi connectivity index (χ2n) is 8.80. The Balaban J connectivity index is 0.00000137. The molecule has 35 heavy (non-hydrogen) atoms. The zero-order chi connectivity index (χ0) is 25.8. The minimum Gasteiger partial charge on any atom is -0.302 e. The van der Waals surface area contributed by atoms with Crippen molar-refractivity contribution in [2.75, 3.05) is 20.1 Å². The van der Waals surface area contributed by atoms with Crippen LogP contribution in [0.5, 0.6) is 0 Å². The Morgan fingerprint density at radius 2 is 1.89 bits per heavy atom. The fourth-order valence-corrected chi connectivity index (χ4v) is 4.17. The van der Waals surface area contributed by atoms with Gasteiger partial charge in [0.05, 0.1) is 17.3 Å². The first-order chi connectivity index (χ1) is 16.8. The average Bonchev–Trinajstić information content (AvgIpc) is 3.16. The zero-order valence-electron chi connectivity index (χ0n) is 21.9. The predicted octanol–water partition coefficient (Wildman–Crippen LogP) is 6.42. The van der Waals surface area contributed by atoms with E-state index in [1.165, 1.54) is 22.3 Å². The average molecular weight is 537 g/mol. The third-order valence-corrected chi connectivity index (χ3v) is 6.24. The van der Waals surface area contributed by atoms with Gasteiger partial charge in [0, 0.05) is 12.3 Å². The molecule has 1 heterocycles. The SMILES string of the molecule is C#CC.C/C(=N\c1c(Br)cnn1CNCCCN(C)Cc1cc(C)ccc1C)c1ccccc1C. The number of aliphatic imine (C=N–C) groups is 1. The molecule has 6 heteroatoms. The Kier molecular flexibility index (Phi) is 11.9. The van der Waals surface area contributed by atoms with Crippen molar-refractivity contribution in [3.05, 3.63) is 81.0 Å². The van der Waals surface area contributed by atoms with Gasteiger partial charge in [-0.2, -0.15) is 5.10 Å². The lowest BCUT2D eigenvalue weighted by atomic mass is 10.1. The molecule has 3 rings (SSSR count). The fourth-order valence-electron chi connectivity index (χ4n) is 3.78. The summed E-state index contributed by atoms with van der Waals surface area (Å²) >= 11 is 3.60. The molecule has 1 aromatic heterocycles. The highest BCUT2D eigenvalue weighted by Gasteiger charge is 2.10. The first kappa shape index (κ1) is 28.5. The number of hydrogen-bond acceptors (Lipinski definition) is 4. The summed E-state index contributed by atoms with van der Waals surface area (Å²) in [5.41, 5.74) is 7.46. The lowest BCUT2D eigenvalue weighted by molar-refractivity contribution is 0.316. The number of benzene rings is 2. The number of rotatable bonds is 10. The second kappa shape index (κ2) is 14.6. The van der Waals surface area contributed by atoms with Crippen LogP contribution in [0.25, 0.3) is 0 Å². The van der Waals surface area contributed by atoms with Crippen molar-refractivity contribution in [2.24, 2.45) is 4.99 Å². The number of hydrogen-bond donors (Lipinski definition) is 1. The van der Waals surface area contributed by atoms with E-state index in [1.54, 1.807) is 6.92 Å². The highest BCUT2D eigenvalue weighted by molar-refractivity contribution is 9.10. The van der Waals surface area contributed by atoms with Crippen LogP contribution in [-0.2, 0) is 13.2 Å². The van der Waals surface area contributed by atoms with Crippen LogP contribution in [0.3, 0.4) is 0 Å². The van der Waals surface area contributed by atoms with Gasteiger partial charge in [-0.25, -0.2) is 9.67 Å². The molecule has 0 aliphatic rings. The van der Waals surface area contributed by atoms with E-state index >= 15 is 0 Å². The zero-order valence-corrected chi connectivity index (χ0v) is 23.5. The third kappa shape index (κ3) is 9.10. The van der Waals surface area contributed by atoms with Crippen LogP contribution in [0.4, 0.5) is 5.82 Å². The molecule has 0 radical (unpaired) electrons. The second-order valence-corrected chi connectivity index (χ2v) is 9.65. The van der Waals surface area contributed by atoms with Gasteiger partial charge < -0.3 is 4.90 Å². The molecule has 3 aromatic rings. The number of aromatic nitrogens is 2. The largest absolute Gasteiger partial charge is 0.302 e. The summed E-state index contributed by atoms with van der Waals surface area (Å²) in [4.78, 5) is 7.25. The Morgan fingerprint density at radius 3 is 2.60 bits per heavy atom. The van der Waals surface area contributed by atoms with Crippen molar-refractivity contribution < 1.29 is 0 Å². The number of nitrogens with one attached hydrogen (secondary N) is 1. The van der Waals surface area contributed by atoms with E-state index in [-0.39, 0.29) is 0 Å². The molecule has 0 bridgehead atoms. The van der Waals surface area contributed by atoms with Gasteiger partial charge in [0.1, 0.15) is 0 Å². The van der Waals surface area contributed by atoms with Crippen LogP contribution in [0.2, 0.25) is 0 Å². The Hall–Kier alpha value is -2.72. The molecule has 0 atom stereocenters. The van der Waals surface area contributed by atoms with Crippen molar-refractivity contribution >= 4 is 27.5 Å². The fraction of sp³-hybridized carbons (Fsp3) is 0.379. The summed E-state index contributed by atoms with van der Waals surface area (Å²) in [6.07, 6.45) is 7.48. The van der Waals surface area contributed by atoms with E-state index in [0.29, 0.717) is 6.67 Å². The molecular weight excluding hydrogens is 498 g/mol. The van der Waals surface area contributed by atoms with Crippen molar-refractivity contribution in [3.8, 4) is 12.3 Å². The lowest BCUT2D eigenvalue weighted by Crippen LogP contribution is -2.25. The van der Waals surface area contributed by atoms with Crippen LogP contribution >= 0.6 is 15.9 Å². The summed E-state index contributed by atoms with van der Waals surface area (Å²) in [6.45, 7) is 13.7. The van der Waals surface area contributed by atoms with E-state index in [4.69, 9.17) is 4.99 Å². The summed E-state index contributed by atoms with van der Waals surface area (Å²) in [7, 11) is 2.19. The van der Waals surface area contributed by atoms with Crippen LogP contribution in [0.1, 0.15) is 48.1 Å². The minimum absolute atomic E-state index is 0.631. The highest BCUT2D eigenvalue weighted by atomic mass is 79.9. The van der Waals surface area contributed by atoms with Crippen molar-refractivity contribution in [1.82, 2.24) is 20.0 Å². The number of terminal acetylenes is 1. The molecule has 0 fully saturated rings. The molecule has 5 nitrogen and oxygen atoms in total. The van der Waals surface area contributed by atoms with Gasteiger partial charge >= 0.3 is 0 Å². The summed E-state index contributed by atoms with van der Waals surface area (Å²) in [5.74, 6) is 3.09. The molecule has 186 valence electrons. The molecule has 0 saturated carbocycles. The molecule has 0 aliphatic carbocycles. The summed E-state index contributed by atoms with van der Waals surface area (Å²) in [6, 6.07) is 15.0. The smallest absolute Gasteiger partial charge is 0.166 e. The van der Waals surface area contributed by atoms with Crippen molar-refractivity contribution in [1.29, 1.82) is 0 Å². The Bertz CT molecular complexity index is 1160. The van der Waals surface area contributed by atoms with E-state index < -0.39 is 0 Å². The molecule has 0 saturated heterocycles. The first-order valence-corrected chi connectivity index (χ1v) is 12.7. The standard InChI is InChI=1S/C26H34BrN5.C3H4/c1-19-11-12-20(2)23(15-19)17-31(5)14-8-13-28-18-32-26(25(27)16-29-32)30-22(4)24-10-7-6-9-21(24)3;1-3-2/h6-7,9-12,15-16,28H,8,13-14,17-18H2,1-5H3;1H,2H3/b30-22+;. The maximum absolute atomic E-state index is 4.86. The molecule has 1 N–H and O–H groups in total. The van der Waals surface area contributed by atoms with E-state index in [2.05, 4.69) is 108 Å². The van der Waals surface area contributed by atoms with Crippen LogP contribution < -0.4 is 5.32 Å². The van der Waals surface area contributed by atoms with Crippen molar-refractivity contribution in [2.45, 2.75) is 54.3 Å². The van der Waals surface area contributed by atoms with Gasteiger partial charge in [0.15, 0.2) is 5.82 Å². The number of aryl methyl sites for hydroxylation is 3. The van der Waals surface area contributed by atoms with E-state index in [9.17, 15) is 0 Å². The molecule has 0 aliphatic heterocycles. The van der Waals surface area contributed by atoms with Gasteiger partial charge in [-0.1, -0.05) is 48.0 Å². The highest BCUT2D eigenvalue weighted by Crippen LogP contribution is 2.26. The Morgan fingerprint density at radius 1 is 1.17 bits per heavy atom. The van der Waals surface area contributed by atoms with Gasteiger partial charge in [-0.3, -0.25) is 5.32 Å². The molecular formula is C29H38BrN5. The maximum atomic E-state index is 4.86. The van der Waals surface area contributed by atoms with Crippen molar-refractivity contribution in [3.63, 3.8) is 0 Å². The first-order valence-electron chi connectivity index (χ1n) is 11.9. The third-order valence-electron chi connectivity index (χ3n) is 5.68. The van der Waals surface area contributed by atoms with Crippen LogP contribution in [0.15, 0.2) is 58.1 Å². The monoisotopic (exact) mass is 535 g/mol. The van der Waals surface area contributed by atoms with Gasteiger partial charge in [-0.05, 0) is 99.4 Å². The van der Waals surface area contributed by atoms with Crippen LogP contribution in [0, 0.1) is 33.1 Å². The minimum atomic E-state index is 0.631. The molecule has 0 spiro atoms. The number of nitrogens with zero attached hydrogens (tertiary/aromatic N) is 4. The number of halogens is 1. The Labute approximate surface area is 219 Å². The normalized spacial score (nSPS) is 11.2. The summed E-state index contributed by atoms with van der Waals surface area (Å²) in [5, 5.41) is 7.98. The van der Waals surface area contributed by atoms with Gasteiger partial charge in [0.25, 0.3) is 0 Å². The van der Waals surface area contributed by atoms with Gasteiger partial charge in [-0.15, -0.1) is 12.3 Å². The van der Waals surface area contributed by atoms with Gasteiger partial charge in [0.2, 0.25) is 0 Å². The quantitative estimate of drug-likeness (QED) is 0.185. The summed E-state index contributed by atoms with van der Waals surface area (Å²) < 4.78 is 2.81. The molecule has 0 unspecified atom stereocenters. The van der Waals surface area contributed by atoms with Crippen LogP contribution in [-0.4, -0.2) is 40.5 Å². The van der Waals surface area contributed by atoms with E-state index in [1.807, 2.05) is 23.9 Å².